The summed E-state index contributed by atoms with van der Waals surface area (Å²) in [4.78, 5) is 28.8. The van der Waals surface area contributed by atoms with Crippen molar-refractivity contribution >= 4 is 11.8 Å². The monoisotopic (exact) mass is 390 g/mol. The molecule has 3 N–H and O–H groups in total. The highest BCUT2D eigenvalue weighted by molar-refractivity contribution is 5.81. The second-order valence-corrected chi connectivity index (χ2v) is 8.45. The van der Waals surface area contributed by atoms with Crippen LogP contribution in [0.4, 0.5) is 0 Å². The van der Waals surface area contributed by atoms with E-state index in [2.05, 4.69) is 15.2 Å². The summed E-state index contributed by atoms with van der Waals surface area (Å²) in [5.41, 5.74) is 6.22. The van der Waals surface area contributed by atoms with Crippen LogP contribution in [0.15, 0.2) is 6.20 Å². The van der Waals surface area contributed by atoms with Crippen molar-refractivity contribution in [2.45, 2.75) is 44.7 Å². The normalized spacial score (nSPS) is 30.5. The fourth-order valence-corrected chi connectivity index (χ4v) is 5.10. The minimum absolute atomic E-state index is 0.0656. The Bertz CT molecular complexity index is 714. The molecular formula is C19H30N6O3. The summed E-state index contributed by atoms with van der Waals surface area (Å²) in [5, 5.41) is 17.3. The Kier molecular flexibility index (Phi) is 5.63. The van der Waals surface area contributed by atoms with Gasteiger partial charge in [-0.05, 0) is 38.1 Å². The van der Waals surface area contributed by atoms with Crippen LogP contribution >= 0.6 is 0 Å². The molecule has 4 atom stereocenters. The van der Waals surface area contributed by atoms with Gasteiger partial charge in [0.15, 0.2) is 0 Å². The average molecular weight is 390 g/mol. The molecule has 9 nitrogen and oxygen atoms in total. The summed E-state index contributed by atoms with van der Waals surface area (Å²) >= 11 is 0. The second kappa shape index (κ2) is 8.16. The van der Waals surface area contributed by atoms with Crippen LogP contribution in [0.2, 0.25) is 0 Å². The highest BCUT2D eigenvalue weighted by atomic mass is 16.3. The zero-order chi connectivity index (χ0) is 19.7. The maximum Gasteiger partial charge on any atom is 0.227 e. The zero-order valence-corrected chi connectivity index (χ0v) is 16.2. The van der Waals surface area contributed by atoms with E-state index < -0.39 is 0 Å². The number of rotatable bonds is 6. The second-order valence-electron chi connectivity index (χ2n) is 8.45. The first kappa shape index (κ1) is 19.3. The Hall–Kier alpha value is -2.00. The zero-order valence-electron chi connectivity index (χ0n) is 16.2. The summed E-state index contributed by atoms with van der Waals surface area (Å²) in [6.07, 6.45) is 5.88. The van der Waals surface area contributed by atoms with Gasteiger partial charge in [-0.3, -0.25) is 19.2 Å². The molecule has 0 radical (unpaired) electrons. The maximum absolute atomic E-state index is 13.1. The number of hydrogen-bond acceptors (Lipinski definition) is 6. The molecule has 154 valence electrons. The molecule has 4 aliphatic rings. The van der Waals surface area contributed by atoms with Gasteiger partial charge in [0.05, 0.1) is 18.2 Å². The lowest BCUT2D eigenvalue weighted by Crippen LogP contribution is -2.59. The predicted octanol–water partition coefficient (Wildman–Crippen LogP) is -0.753. The van der Waals surface area contributed by atoms with Gasteiger partial charge in [-0.2, -0.15) is 0 Å². The number of piperidine rings is 4. The van der Waals surface area contributed by atoms with Crippen molar-refractivity contribution in [1.82, 2.24) is 24.8 Å². The van der Waals surface area contributed by atoms with Crippen LogP contribution in [-0.4, -0.2) is 80.5 Å². The quantitative estimate of drug-likeness (QED) is 0.660. The van der Waals surface area contributed by atoms with Gasteiger partial charge >= 0.3 is 0 Å². The van der Waals surface area contributed by atoms with Crippen LogP contribution in [0, 0.1) is 17.8 Å². The van der Waals surface area contributed by atoms with E-state index in [9.17, 15) is 9.59 Å². The first-order valence-electron chi connectivity index (χ1n) is 10.4. The SMILES string of the molecule is NC(=O)C1CCN(C(=O)[C@H]2CN3CC[C@@H]2C[C@@H]3Cn2cc(CCO)nn2)CC1. The molecule has 1 aromatic rings. The molecule has 0 aliphatic carbocycles. The highest BCUT2D eigenvalue weighted by Crippen LogP contribution is 2.38. The fraction of sp³-hybridized carbons (Fsp3) is 0.789. The molecule has 1 aromatic heterocycles. The van der Waals surface area contributed by atoms with Gasteiger partial charge in [-0.15, -0.1) is 5.10 Å². The molecule has 4 fully saturated rings. The summed E-state index contributed by atoms with van der Waals surface area (Å²) in [7, 11) is 0. The van der Waals surface area contributed by atoms with Crippen LogP contribution in [0.25, 0.3) is 0 Å². The molecule has 0 spiro atoms. The van der Waals surface area contributed by atoms with Crippen molar-refractivity contribution in [3.8, 4) is 0 Å². The summed E-state index contributed by atoms with van der Waals surface area (Å²) in [5.74, 6) is 0.404. The van der Waals surface area contributed by atoms with E-state index in [4.69, 9.17) is 10.8 Å². The number of likely N-dealkylation sites (tertiary alicyclic amines) is 1. The number of carbonyl (C=O) groups is 2. The summed E-state index contributed by atoms with van der Waals surface area (Å²) < 4.78 is 1.86. The third-order valence-corrected chi connectivity index (χ3v) is 6.76. The van der Waals surface area contributed by atoms with Crippen molar-refractivity contribution < 1.29 is 14.7 Å². The highest BCUT2D eigenvalue weighted by Gasteiger charge is 2.45. The van der Waals surface area contributed by atoms with Gasteiger partial charge in [0.2, 0.25) is 11.8 Å². The number of nitrogens with two attached hydrogens (primary N) is 1. The first-order valence-corrected chi connectivity index (χ1v) is 10.4. The van der Waals surface area contributed by atoms with Crippen LogP contribution in [0.1, 0.15) is 31.4 Å². The van der Waals surface area contributed by atoms with E-state index in [0.29, 0.717) is 44.3 Å². The molecular weight excluding hydrogens is 360 g/mol. The Balaban J connectivity index is 1.33. The Morgan fingerprint density at radius 2 is 2.00 bits per heavy atom. The van der Waals surface area contributed by atoms with Gasteiger partial charge in [0.1, 0.15) is 0 Å². The number of fused-ring (bicyclic) bond motifs is 3. The Morgan fingerprint density at radius 3 is 2.64 bits per heavy atom. The Labute approximate surface area is 164 Å². The molecule has 0 aromatic carbocycles. The van der Waals surface area contributed by atoms with Crippen molar-refractivity contribution in [2.24, 2.45) is 23.5 Å². The molecule has 2 bridgehead atoms. The summed E-state index contributed by atoms with van der Waals surface area (Å²) in [6, 6.07) is 0.382. The molecule has 9 heteroatoms. The van der Waals surface area contributed by atoms with E-state index in [1.165, 1.54) is 0 Å². The van der Waals surface area contributed by atoms with Crippen molar-refractivity contribution in [3.05, 3.63) is 11.9 Å². The molecule has 0 saturated carbocycles. The summed E-state index contributed by atoms with van der Waals surface area (Å²) in [6.45, 7) is 3.98. The minimum atomic E-state index is -0.243. The van der Waals surface area contributed by atoms with Gasteiger partial charge in [-0.1, -0.05) is 5.21 Å². The number of primary amides is 1. The topological polar surface area (TPSA) is 118 Å². The average Bonchev–Trinajstić information content (AvgIpc) is 3.15. The van der Waals surface area contributed by atoms with Crippen LogP contribution in [0.3, 0.4) is 0 Å². The van der Waals surface area contributed by atoms with E-state index in [1.54, 1.807) is 0 Å². The van der Waals surface area contributed by atoms with Gasteiger partial charge in [0, 0.05) is 50.8 Å². The lowest BCUT2D eigenvalue weighted by atomic mass is 9.74. The lowest BCUT2D eigenvalue weighted by molar-refractivity contribution is -0.146. The number of carbonyl (C=O) groups excluding carboxylic acids is 2. The number of aliphatic hydroxyl groups excluding tert-OH is 1. The van der Waals surface area contributed by atoms with Crippen LogP contribution in [0.5, 0.6) is 0 Å². The van der Waals surface area contributed by atoms with E-state index in [0.717, 1.165) is 38.2 Å². The van der Waals surface area contributed by atoms with Gasteiger partial charge in [-0.25, -0.2) is 0 Å². The van der Waals surface area contributed by atoms with Crippen molar-refractivity contribution in [1.29, 1.82) is 0 Å². The molecule has 5 heterocycles. The first-order chi connectivity index (χ1) is 13.5. The third kappa shape index (κ3) is 3.91. The van der Waals surface area contributed by atoms with Crippen LogP contribution in [-0.2, 0) is 22.6 Å². The number of aromatic nitrogens is 3. The van der Waals surface area contributed by atoms with Crippen molar-refractivity contribution in [3.63, 3.8) is 0 Å². The van der Waals surface area contributed by atoms with Gasteiger partial charge < -0.3 is 15.7 Å². The molecule has 4 saturated heterocycles. The molecule has 2 amide bonds. The largest absolute Gasteiger partial charge is 0.396 e. The van der Waals surface area contributed by atoms with E-state index >= 15 is 0 Å². The predicted molar refractivity (Wildman–Crippen MR) is 101 cm³/mol. The number of aliphatic hydroxyl groups is 1. The number of nitrogens with zero attached hydrogens (tertiary/aromatic N) is 5. The number of amides is 2. The smallest absolute Gasteiger partial charge is 0.227 e. The molecule has 28 heavy (non-hydrogen) atoms. The maximum atomic E-state index is 13.1. The molecule has 1 unspecified atom stereocenters. The Morgan fingerprint density at radius 1 is 1.21 bits per heavy atom. The minimum Gasteiger partial charge on any atom is -0.396 e. The number of hydrogen-bond donors (Lipinski definition) is 2. The molecule has 4 aliphatic heterocycles. The van der Waals surface area contributed by atoms with Crippen LogP contribution < -0.4 is 5.73 Å². The third-order valence-electron chi connectivity index (χ3n) is 6.76. The lowest BCUT2D eigenvalue weighted by Gasteiger charge is -2.50. The van der Waals surface area contributed by atoms with Gasteiger partial charge in [0.25, 0.3) is 0 Å². The molecule has 5 rings (SSSR count). The van der Waals surface area contributed by atoms with Crippen molar-refractivity contribution in [2.75, 3.05) is 32.8 Å². The standard InChI is InChI=1S/C19H30N6O3/c20-18(27)13-1-5-23(6-2-13)19(28)17-12-24-7-3-14(17)9-16(24)11-25-10-15(4-8-26)21-22-25/h10,13-14,16-17,26H,1-9,11-12H2,(H2,20,27)/t14-,16-,17+/m1/s1. The fourth-order valence-electron chi connectivity index (χ4n) is 5.10. The van der Waals surface area contributed by atoms with E-state index in [-0.39, 0.29) is 30.3 Å². The van der Waals surface area contributed by atoms with E-state index in [1.807, 2.05) is 15.8 Å².